The lowest BCUT2D eigenvalue weighted by Crippen LogP contribution is -2.53. The maximum atomic E-state index is 12.6. The molecule has 0 aliphatic heterocycles. The van der Waals surface area contributed by atoms with Crippen LogP contribution in [0, 0.1) is 11.3 Å². The lowest BCUT2D eigenvalue weighted by molar-refractivity contribution is -0.125. The fourth-order valence-corrected chi connectivity index (χ4v) is 16.8. The molecule has 0 bridgehead atoms. The van der Waals surface area contributed by atoms with Crippen LogP contribution < -0.4 is 9.47 Å². The highest BCUT2D eigenvalue weighted by Gasteiger charge is 2.41. The first kappa shape index (κ1) is 30.8. The summed E-state index contributed by atoms with van der Waals surface area (Å²) in [7, 11) is -4.33. The first-order chi connectivity index (χ1) is 15.2. The molecule has 0 saturated carbocycles. The average molecular weight is 527 g/mol. The van der Waals surface area contributed by atoms with E-state index in [9.17, 15) is 9.59 Å². The van der Waals surface area contributed by atoms with E-state index in [1.165, 1.54) is 0 Å². The van der Waals surface area contributed by atoms with Crippen LogP contribution in [0.4, 0.5) is 0 Å². The number of Topliss-reactive ketones (excluding diaryl/α,β-unsaturated/α-hetero) is 2. The molecule has 0 fully saturated rings. The van der Waals surface area contributed by atoms with E-state index < -0.39 is 30.6 Å². The third-order valence-corrected chi connectivity index (χ3v) is 14.7. The van der Waals surface area contributed by atoms with Gasteiger partial charge in [-0.2, -0.15) is 0 Å². The summed E-state index contributed by atoms with van der Waals surface area (Å²) in [4.78, 5) is 24.8. The Hall–Kier alpha value is -1.27. The molecule has 1 aromatic carbocycles. The molecule has 34 heavy (non-hydrogen) atoms. The summed E-state index contributed by atoms with van der Waals surface area (Å²) in [5, 5.41) is 0. The van der Waals surface area contributed by atoms with Gasteiger partial charge in [-0.3, -0.25) is 9.59 Å². The van der Waals surface area contributed by atoms with E-state index >= 15 is 0 Å². The number of rotatable bonds is 13. The Labute approximate surface area is 210 Å². The minimum Gasteiger partial charge on any atom is -0.493 e. The van der Waals surface area contributed by atoms with Crippen molar-refractivity contribution < 1.29 is 27.3 Å². The molecule has 0 saturated heterocycles. The van der Waals surface area contributed by atoms with Crippen molar-refractivity contribution in [1.82, 2.24) is 0 Å². The topological polar surface area (TPSA) is 71.1 Å². The van der Waals surface area contributed by atoms with Gasteiger partial charge in [0.05, 0.1) is 20.1 Å². The van der Waals surface area contributed by atoms with Gasteiger partial charge in [0.25, 0.3) is 0 Å². The second kappa shape index (κ2) is 11.6. The number of hydrogen-bond acceptors (Lipinski definition) is 6. The van der Waals surface area contributed by atoms with E-state index in [1.54, 1.807) is 25.3 Å². The quantitative estimate of drug-likeness (QED) is 0.162. The van der Waals surface area contributed by atoms with Crippen molar-refractivity contribution >= 4 is 36.8 Å². The molecule has 1 aromatic rings. The van der Waals surface area contributed by atoms with Crippen molar-refractivity contribution in [1.29, 1.82) is 0 Å². The number of carbonyl (C=O) groups is 2. The van der Waals surface area contributed by atoms with E-state index in [0.29, 0.717) is 23.7 Å². The molecular weight excluding hydrogens is 481 g/mol. The van der Waals surface area contributed by atoms with Crippen LogP contribution in [0.3, 0.4) is 0 Å². The highest BCUT2D eigenvalue weighted by molar-refractivity contribution is 6.87. The zero-order chi connectivity index (χ0) is 26.5. The Bertz CT molecular complexity index is 834. The fraction of sp³-hybridized carbons (Fsp3) is 0.680. The smallest absolute Gasteiger partial charge is 0.314 e. The maximum Gasteiger partial charge on any atom is 0.314 e. The standard InChI is InChI=1S/C25H46O6Si3/c1-19(18-34(12,30-32(6,7)8)31-33(9,10)11)17-29-22-14-13-20(15-23(22)28-5)21(26)16-24(27)25(2,3)4/h13-15,19H,16-18H2,1-12H3. The van der Waals surface area contributed by atoms with Gasteiger partial charge in [0, 0.05) is 11.0 Å². The first-order valence-corrected chi connectivity index (χ1v) is 21.4. The molecule has 0 aliphatic rings. The summed E-state index contributed by atoms with van der Waals surface area (Å²) in [6.45, 7) is 23.5. The SMILES string of the molecule is COc1cc(C(=O)CC(=O)C(C)(C)C)ccc1OCC(C)C[Si](C)(O[Si](C)(C)C)O[Si](C)(C)C. The van der Waals surface area contributed by atoms with E-state index in [0.717, 1.165) is 6.04 Å². The Morgan fingerprint density at radius 1 is 0.912 bits per heavy atom. The third-order valence-electron chi connectivity index (χ3n) is 4.93. The summed E-state index contributed by atoms with van der Waals surface area (Å²) in [5.41, 5.74) is -0.100. The summed E-state index contributed by atoms with van der Waals surface area (Å²) in [6, 6.07) is 5.94. The molecule has 0 aliphatic carbocycles. The largest absolute Gasteiger partial charge is 0.493 e. The van der Waals surface area contributed by atoms with Crippen molar-refractivity contribution in [2.24, 2.45) is 11.3 Å². The molecule has 0 aromatic heterocycles. The predicted molar refractivity (Wildman–Crippen MR) is 146 cm³/mol. The number of benzene rings is 1. The number of ketones is 2. The van der Waals surface area contributed by atoms with Crippen LogP contribution >= 0.6 is 0 Å². The molecule has 0 heterocycles. The monoisotopic (exact) mass is 526 g/mol. The number of hydrogen-bond donors (Lipinski definition) is 0. The van der Waals surface area contributed by atoms with Crippen LogP contribution in [-0.4, -0.2) is 50.5 Å². The highest BCUT2D eigenvalue weighted by Crippen LogP contribution is 2.32. The molecule has 0 radical (unpaired) electrons. The van der Waals surface area contributed by atoms with Gasteiger partial charge in [0.15, 0.2) is 33.9 Å². The molecular formula is C25H46O6Si3. The van der Waals surface area contributed by atoms with Gasteiger partial charge >= 0.3 is 8.56 Å². The van der Waals surface area contributed by atoms with Crippen LogP contribution in [0.2, 0.25) is 51.9 Å². The minimum atomic E-state index is -2.36. The minimum absolute atomic E-state index is 0.0843. The van der Waals surface area contributed by atoms with Crippen LogP contribution in [0.1, 0.15) is 44.5 Å². The first-order valence-electron chi connectivity index (χ1n) is 12.0. The van der Waals surface area contributed by atoms with Crippen molar-refractivity contribution in [3.63, 3.8) is 0 Å². The zero-order valence-corrected chi connectivity index (χ0v) is 26.4. The fourth-order valence-electron chi connectivity index (χ4n) is 3.80. The van der Waals surface area contributed by atoms with Gasteiger partial charge in [-0.05, 0) is 76.0 Å². The normalized spacial score (nSPS) is 14.0. The van der Waals surface area contributed by atoms with Crippen molar-refractivity contribution in [2.45, 2.75) is 86.0 Å². The van der Waals surface area contributed by atoms with Gasteiger partial charge in [-0.15, -0.1) is 0 Å². The van der Waals surface area contributed by atoms with Gasteiger partial charge in [0.2, 0.25) is 0 Å². The Morgan fingerprint density at radius 3 is 1.88 bits per heavy atom. The lowest BCUT2D eigenvalue weighted by Gasteiger charge is -2.39. The Morgan fingerprint density at radius 2 is 1.44 bits per heavy atom. The molecule has 194 valence electrons. The second-order valence-corrected chi connectivity index (χ2v) is 25.1. The molecule has 0 N–H and O–H groups in total. The molecule has 1 atom stereocenters. The third kappa shape index (κ3) is 11.0. The lowest BCUT2D eigenvalue weighted by atomic mass is 9.87. The summed E-state index contributed by atoms with van der Waals surface area (Å²) < 4.78 is 24.8. The summed E-state index contributed by atoms with van der Waals surface area (Å²) in [5.74, 6) is 0.984. The number of methoxy groups -OCH3 is 1. The van der Waals surface area contributed by atoms with E-state index in [-0.39, 0.29) is 23.9 Å². The van der Waals surface area contributed by atoms with E-state index in [4.69, 9.17) is 17.7 Å². The Kier molecular flexibility index (Phi) is 10.5. The van der Waals surface area contributed by atoms with Crippen molar-refractivity contribution in [2.75, 3.05) is 13.7 Å². The van der Waals surface area contributed by atoms with Crippen molar-refractivity contribution in [3.05, 3.63) is 23.8 Å². The molecule has 6 nitrogen and oxygen atoms in total. The molecule has 0 amide bonds. The summed E-state index contributed by atoms with van der Waals surface area (Å²) >= 11 is 0. The van der Waals surface area contributed by atoms with Gasteiger partial charge < -0.3 is 17.7 Å². The second-order valence-electron chi connectivity index (χ2n) is 12.3. The van der Waals surface area contributed by atoms with E-state index in [2.05, 4.69) is 52.8 Å². The van der Waals surface area contributed by atoms with Gasteiger partial charge in [0.1, 0.15) is 5.78 Å². The Balaban J connectivity index is 2.91. The molecule has 9 heteroatoms. The van der Waals surface area contributed by atoms with Gasteiger partial charge in [-0.1, -0.05) is 27.7 Å². The van der Waals surface area contributed by atoms with Crippen LogP contribution in [-0.2, 0) is 13.0 Å². The average Bonchev–Trinajstić information content (AvgIpc) is 2.61. The van der Waals surface area contributed by atoms with E-state index in [1.807, 2.05) is 20.8 Å². The van der Waals surface area contributed by atoms with Crippen LogP contribution in [0.25, 0.3) is 0 Å². The zero-order valence-electron chi connectivity index (χ0n) is 23.4. The highest BCUT2D eigenvalue weighted by atomic mass is 28.5. The molecule has 1 rings (SSSR count). The predicted octanol–water partition coefficient (Wildman–Crippen LogP) is 6.67. The maximum absolute atomic E-state index is 12.6. The number of ether oxygens (including phenoxy) is 2. The number of carbonyl (C=O) groups excluding carboxylic acids is 2. The molecule has 1 unspecified atom stereocenters. The van der Waals surface area contributed by atoms with Gasteiger partial charge in [-0.25, -0.2) is 0 Å². The van der Waals surface area contributed by atoms with Crippen LogP contribution in [0.5, 0.6) is 11.5 Å². The molecule has 0 spiro atoms. The summed E-state index contributed by atoms with van der Waals surface area (Å²) in [6.07, 6.45) is -0.124. The van der Waals surface area contributed by atoms with Crippen LogP contribution in [0.15, 0.2) is 18.2 Å². The van der Waals surface area contributed by atoms with Crippen molar-refractivity contribution in [3.8, 4) is 11.5 Å².